The van der Waals surface area contributed by atoms with Crippen molar-refractivity contribution in [2.24, 2.45) is 5.92 Å². The van der Waals surface area contributed by atoms with Crippen LogP contribution >= 0.6 is 0 Å². The summed E-state index contributed by atoms with van der Waals surface area (Å²) in [6.07, 6.45) is 0.543. The summed E-state index contributed by atoms with van der Waals surface area (Å²) in [5.74, 6) is -1.02. The maximum atomic E-state index is 12.7. The Morgan fingerprint density at radius 1 is 1.10 bits per heavy atom. The highest BCUT2D eigenvalue weighted by atomic mass is 16.2. The number of amides is 5. The lowest BCUT2D eigenvalue weighted by molar-refractivity contribution is -0.122. The highest BCUT2D eigenvalue weighted by molar-refractivity contribution is 6.05. The van der Waals surface area contributed by atoms with Crippen molar-refractivity contribution in [2.75, 3.05) is 16.8 Å². The van der Waals surface area contributed by atoms with Crippen LogP contribution in [0.4, 0.5) is 16.2 Å². The standard InChI is InChI=1S/C23H24N4O4/c1-13-4-3-5-19(14(13)2)27-12-16(11-20(27)28)21(29)24-17-8-6-15(7-9-17)10-18-22(30)26-23(31)25-18/h3-9,16,18H,10-12H2,1-2H3,(H,24,29)(H2,25,26,30,31). The van der Waals surface area contributed by atoms with Crippen LogP contribution in [0.3, 0.4) is 0 Å². The van der Waals surface area contributed by atoms with Gasteiger partial charge < -0.3 is 15.5 Å². The number of carbonyl (C=O) groups excluding carboxylic acids is 4. The summed E-state index contributed by atoms with van der Waals surface area (Å²) in [4.78, 5) is 49.9. The number of urea groups is 1. The second kappa shape index (κ2) is 8.22. The van der Waals surface area contributed by atoms with Crippen molar-refractivity contribution in [1.29, 1.82) is 0 Å². The summed E-state index contributed by atoms with van der Waals surface area (Å²) >= 11 is 0. The molecule has 0 spiro atoms. The molecule has 2 saturated heterocycles. The van der Waals surface area contributed by atoms with Crippen molar-refractivity contribution >= 4 is 35.1 Å². The van der Waals surface area contributed by atoms with Gasteiger partial charge in [0.05, 0.1) is 5.92 Å². The zero-order chi connectivity index (χ0) is 22.1. The molecule has 0 saturated carbocycles. The molecule has 31 heavy (non-hydrogen) atoms. The topological polar surface area (TPSA) is 108 Å². The molecule has 2 atom stereocenters. The van der Waals surface area contributed by atoms with Gasteiger partial charge in [-0.3, -0.25) is 19.7 Å². The second-order valence-electron chi connectivity index (χ2n) is 8.03. The maximum Gasteiger partial charge on any atom is 0.322 e. The minimum absolute atomic E-state index is 0.0546. The van der Waals surface area contributed by atoms with Crippen LogP contribution in [0, 0.1) is 19.8 Å². The fraction of sp³-hybridized carbons (Fsp3) is 0.304. The highest BCUT2D eigenvalue weighted by Gasteiger charge is 2.36. The largest absolute Gasteiger partial charge is 0.326 e. The lowest BCUT2D eigenvalue weighted by Gasteiger charge is -2.20. The zero-order valence-corrected chi connectivity index (χ0v) is 17.4. The third kappa shape index (κ3) is 4.28. The van der Waals surface area contributed by atoms with E-state index in [-0.39, 0.29) is 24.1 Å². The van der Waals surface area contributed by atoms with Gasteiger partial charge >= 0.3 is 6.03 Å². The number of rotatable bonds is 5. The monoisotopic (exact) mass is 420 g/mol. The number of imide groups is 1. The highest BCUT2D eigenvalue weighted by Crippen LogP contribution is 2.30. The summed E-state index contributed by atoms with van der Waals surface area (Å²) in [6, 6.07) is 11.9. The number of aryl methyl sites for hydroxylation is 1. The van der Waals surface area contributed by atoms with Crippen molar-refractivity contribution < 1.29 is 19.2 Å². The fourth-order valence-electron chi connectivity index (χ4n) is 3.95. The van der Waals surface area contributed by atoms with Crippen LogP contribution in [0.15, 0.2) is 42.5 Å². The Morgan fingerprint density at radius 2 is 1.84 bits per heavy atom. The maximum absolute atomic E-state index is 12.7. The number of benzene rings is 2. The molecule has 0 aromatic heterocycles. The van der Waals surface area contributed by atoms with Crippen LogP contribution in [0.1, 0.15) is 23.1 Å². The Morgan fingerprint density at radius 3 is 2.52 bits per heavy atom. The van der Waals surface area contributed by atoms with Gasteiger partial charge in [-0.1, -0.05) is 24.3 Å². The van der Waals surface area contributed by atoms with Crippen LogP contribution < -0.4 is 20.9 Å². The summed E-state index contributed by atoms with van der Waals surface area (Å²) in [6.45, 7) is 4.33. The number of hydrogen-bond acceptors (Lipinski definition) is 4. The molecule has 0 radical (unpaired) electrons. The summed E-state index contributed by atoms with van der Waals surface area (Å²) in [5.41, 5.74) is 4.48. The zero-order valence-electron chi connectivity index (χ0n) is 17.4. The first-order chi connectivity index (χ1) is 14.8. The molecule has 2 fully saturated rings. The van der Waals surface area contributed by atoms with E-state index in [2.05, 4.69) is 16.0 Å². The van der Waals surface area contributed by atoms with E-state index < -0.39 is 18.0 Å². The van der Waals surface area contributed by atoms with Gasteiger partial charge in [0, 0.05) is 30.8 Å². The first kappa shape index (κ1) is 20.6. The summed E-state index contributed by atoms with van der Waals surface area (Å²) in [5, 5.41) is 7.64. The first-order valence-corrected chi connectivity index (χ1v) is 10.2. The van der Waals surface area contributed by atoms with Gasteiger partial charge in [0.1, 0.15) is 6.04 Å². The molecular formula is C23H24N4O4. The molecule has 0 aliphatic carbocycles. The average molecular weight is 420 g/mol. The molecule has 3 N–H and O–H groups in total. The molecule has 2 aromatic carbocycles. The first-order valence-electron chi connectivity index (χ1n) is 10.2. The van der Waals surface area contributed by atoms with Crippen LogP contribution in [0.5, 0.6) is 0 Å². The lowest BCUT2D eigenvalue weighted by atomic mass is 10.0. The number of nitrogens with one attached hydrogen (secondary N) is 3. The van der Waals surface area contributed by atoms with E-state index in [1.165, 1.54) is 0 Å². The van der Waals surface area contributed by atoms with Crippen molar-refractivity contribution in [1.82, 2.24) is 10.6 Å². The van der Waals surface area contributed by atoms with Gasteiger partial charge in [0.2, 0.25) is 11.8 Å². The lowest BCUT2D eigenvalue weighted by Crippen LogP contribution is -2.31. The smallest absolute Gasteiger partial charge is 0.322 e. The van der Waals surface area contributed by atoms with Gasteiger partial charge in [-0.05, 0) is 48.7 Å². The van der Waals surface area contributed by atoms with Gasteiger partial charge in [0.15, 0.2) is 0 Å². The summed E-state index contributed by atoms with van der Waals surface area (Å²) < 4.78 is 0. The van der Waals surface area contributed by atoms with Crippen molar-refractivity contribution in [3.05, 3.63) is 59.2 Å². The minimum atomic E-state index is -0.589. The Balaban J connectivity index is 1.37. The molecule has 2 aliphatic heterocycles. The van der Waals surface area contributed by atoms with Crippen molar-refractivity contribution in [3.8, 4) is 0 Å². The molecule has 5 amide bonds. The average Bonchev–Trinajstić information content (AvgIpc) is 3.27. The van der Waals surface area contributed by atoms with Crippen LogP contribution in [-0.4, -0.2) is 36.3 Å². The molecule has 8 heteroatoms. The van der Waals surface area contributed by atoms with E-state index >= 15 is 0 Å². The third-order valence-corrected chi connectivity index (χ3v) is 5.88. The predicted octanol–water partition coefficient (Wildman–Crippen LogP) is 2.05. The fourth-order valence-corrected chi connectivity index (χ4v) is 3.95. The number of anilines is 2. The van der Waals surface area contributed by atoms with Gasteiger partial charge in [-0.15, -0.1) is 0 Å². The molecule has 2 unspecified atom stereocenters. The Kier molecular flexibility index (Phi) is 5.46. The van der Waals surface area contributed by atoms with Crippen LogP contribution in [0.2, 0.25) is 0 Å². The predicted molar refractivity (Wildman–Crippen MR) is 116 cm³/mol. The number of hydrogen-bond donors (Lipinski definition) is 3. The van der Waals surface area contributed by atoms with E-state index in [0.717, 1.165) is 22.4 Å². The Bertz CT molecular complexity index is 1060. The molecule has 0 bridgehead atoms. The Hall–Kier alpha value is -3.68. The SMILES string of the molecule is Cc1cccc(N2CC(C(=O)Nc3ccc(CC4NC(=O)NC4=O)cc3)CC2=O)c1C. The van der Waals surface area contributed by atoms with Crippen molar-refractivity contribution in [2.45, 2.75) is 32.7 Å². The van der Waals surface area contributed by atoms with Gasteiger partial charge in [-0.25, -0.2) is 4.79 Å². The molecule has 8 nitrogen and oxygen atoms in total. The summed E-state index contributed by atoms with van der Waals surface area (Å²) in [7, 11) is 0. The Labute approximate surface area is 180 Å². The van der Waals surface area contributed by atoms with E-state index in [1.54, 1.807) is 29.2 Å². The second-order valence-corrected chi connectivity index (χ2v) is 8.03. The molecule has 2 heterocycles. The van der Waals surface area contributed by atoms with Gasteiger partial charge in [0.25, 0.3) is 5.91 Å². The van der Waals surface area contributed by atoms with Crippen molar-refractivity contribution in [3.63, 3.8) is 0 Å². The van der Waals surface area contributed by atoms with E-state index in [1.807, 2.05) is 32.0 Å². The van der Waals surface area contributed by atoms with E-state index in [9.17, 15) is 19.2 Å². The molecule has 2 aromatic rings. The number of nitrogens with zero attached hydrogens (tertiary/aromatic N) is 1. The number of carbonyl (C=O) groups is 4. The third-order valence-electron chi connectivity index (χ3n) is 5.88. The van der Waals surface area contributed by atoms with Crippen LogP contribution in [-0.2, 0) is 20.8 Å². The van der Waals surface area contributed by atoms with Gasteiger partial charge in [-0.2, -0.15) is 0 Å². The van der Waals surface area contributed by atoms with E-state index in [4.69, 9.17) is 0 Å². The molecule has 4 rings (SSSR count). The minimum Gasteiger partial charge on any atom is -0.326 e. The molecule has 2 aliphatic rings. The normalized spacial score (nSPS) is 20.6. The van der Waals surface area contributed by atoms with E-state index in [0.29, 0.717) is 18.7 Å². The van der Waals surface area contributed by atoms with Crippen LogP contribution in [0.25, 0.3) is 0 Å². The molecule has 160 valence electrons. The quantitative estimate of drug-likeness (QED) is 0.644. The molecular weight excluding hydrogens is 396 g/mol.